The number of halogens is 1. The molecule has 146 valence electrons. The van der Waals surface area contributed by atoms with E-state index >= 15 is 0 Å². The van der Waals surface area contributed by atoms with Crippen molar-refractivity contribution in [3.8, 4) is 11.5 Å². The Bertz CT molecular complexity index is 795. The molecule has 0 bridgehead atoms. The van der Waals surface area contributed by atoms with Crippen molar-refractivity contribution in [2.75, 3.05) is 26.8 Å². The highest BCUT2D eigenvalue weighted by molar-refractivity contribution is 5.85. The fourth-order valence-corrected chi connectivity index (χ4v) is 4.38. The van der Waals surface area contributed by atoms with Gasteiger partial charge >= 0.3 is 0 Å². The third kappa shape index (κ3) is 3.93. The molecule has 0 N–H and O–H groups in total. The maximum Gasteiger partial charge on any atom is 0.126 e. The predicted molar refractivity (Wildman–Crippen MR) is 109 cm³/mol. The van der Waals surface area contributed by atoms with Crippen molar-refractivity contribution in [3.63, 3.8) is 0 Å². The summed E-state index contributed by atoms with van der Waals surface area (Å²) in [5, 5.41) is 0. The average Bonchev–Trinajstić information content (AvgIpc) is 2.61. The van der Waals surface area contributed by atoms with Gasteiger partial charge in [-0.3, -0.25) is 4.90 Å². The molecule has 1 fully saturated rings. The van der Waals surface area contributed by atoms with Crippen molar-refractivity contribution in [2.24, 2.45) is 0 Å². The van der Waals surface area contributed by atoms with E-state index in [0.717, 1.165) is 44.2 Å². The van der Waals surface area contributed by atoms with Crippen molar-refractivity contribution in [1.29, 1.82) is 0 Å². The third-order valence-corrected chi connectivity index (χ3v) is 5.33. The number of hydrogen-bond donors (Lipinski definition) is 0. The van der Waals surface area contributed by atoms with Crippen molar-refractivity contribution in [3.05, 3.63) is 59.7 Å². The van der Waals surface area contributed by atoms with Crippen LogP contribution in [0, 0.1) is 0 Å². The smallest absolute Gasteiger partial charge is 0.126 e. The highest BCUT2D eigenvalue weighted by atomic mass is 35.5. The number of fused-ring (bicyclic) bond motifs is 2. The summed E-state index contributed by atoms with van der Waals surface area (Å²) in [4.78, 5) is 2.47. The Morgan fingerprint density at radius 1 is 1.07 bits per heavy atom. The Hall–Kier alpha value is -1.75. The van der Waals surface area contributed by atoms with Gasteiger partial charge in [0.2, 0.25) is 0 Å². The molecule has 0 saturated carbocycles. The zero-order chi connectivity index (χ0) is 18.2. The lowest BCUT2D eigenvalue weighted by atomic mass is 9.79. The van der Waals surface area contributed by atoms with Crippen molar-refractivity contribution in [1.82, 2.24) is 4.90 Å². The Kier molecular flexibility index (Phi) is 5.71. The van der Waals surface area contributed by atoms with Crippen LogP contribution >= 0.6 is 12.4 Å². The zero-order valence-electron chi connectivity index (χ0n) is 16.2. The number of para-hydroxylation sites is 2. The highest BCUT2D eigenvalue weighted by Crippen LogP contribution is 2.47. The van der Waals surface area contributed by atoms with Crippen molar-refractivity contribution in [2.45, 2.75) is 38.0 Å². The van der Waals surface area contributed by atoms with Crippen LogP contribution in [0.25, 0.3) is 0 Å². The summed E-state index contributed by atoms with van der Waals surface area (Å²) < 4.78 is 18.2. The maximum atomic E-state index is 6.44. The van der Waals surface area contributed by atoms with E-state index in [9.17, 15) is 0 Å². The molecule has 0 radical (unpaired) electrons. The van der Waals surface area contributed by atoms with Gasteiger partial charge < -0.3 is 14.2 Å². The molecule has 0 aliphatic carbocycles. The first kappa shape index (κ1) is 20.0. The standard InChI is InChI=1S/C22H27NO3.ClH/c1-21(2)15-22(18-9-5-7-11-20(18)26-21)16-23(12-13-25-22)14-17-8-4-6-10-19(17)24-3;/h4-11H,12-16H2,1-3H3;1H. The number of hydrogen-bond acceptors (Lipinski definition) is 4. The second-order valence-electron chi connectivity index (χ2n) is 7.90. The molecule has 27 heavy (non-hydrogen) atoms. The van der Waals surface area contributed by atoms with E-state index in [2.05, 4.69) is 49.1 Å². The Morgan fingerprint density at radius 2 is 1.81 bits per heavy atom. The number of morpholine rings is 1. The zero-order valence-corrected chi connectivity index (χ0v) is 17.1. The second kappa shape index (κ2) is 7.70. The van der Waals surface area contributed by atoms with Crippen LogP contribution in [0.3, 0.4) is 0 Å². The quantitative estimate of drug-likeness (QED) is 0.778. The van der Waals surface area contributed by atoms with E-state index in [4.69, 9.17) is 14.2 Å². The summed E-state index contributed by atoms with van der Waals surface area (Å²) in [5.74, 6) is 1.89. The first-order chi connectivity index (χ1) is 12.5. The third-order valence-electron chi connectivity index (χ3n) is 5.33. The molecule has 1 spiro atoms. The Morgan fingerprint density at radius 3 is 2.63 bits per heavy atom. The van der Waals surface area contributed by atoms with Gasteiger partial charge in [0.25, 0.3) is 0 Å². The minimum absolute atomic E-state index is 0. The van der Waals surface area contributed by atoms with Gasteiger partial charge in [-0.05, 0) is 26.0 Å². The van der Waals surface area contributed by atoms with E-state index in [-0.39, 0.29) is 23.6 Å². The minimum Gasteiger partial charge on any atom is -0.496 e. The van der Waals surface area contributed by atoms with Crippen LogP contribution in [-0.4, -0.2) is 37.3 Å². The highest BCUT2D eigenvalue weighted by Gasteiger charge is 2.48. The lowest BCUT2D eigenvalue weighted by Gasteiger charge is -2.50. The van der Waals surface area contributed by atoms with Gasteiger partial charge in [0.1, 0.15) is 22.7 Å². The fourth-order valence-electron chi connectivity index (χ4n) is 4.38. The van der Waals surface area contributed by atoms with Crippen LogP contribution in [0.2, 0.25) is 0 Å². The Balaban J connectivity index is 0.00000210. The van der Waals surface area contributed by atoms with Gasteiger partial charge in [-0.25, -0.2) is 0 Å². The normalized spacial score (nSPS) is 23.8. The van der Waals surface area contributed by atoms with E-state index < -0.39 is 0 Å². The second-order valence-corrected chi connectivity index (χ2v) is 7.90. The first-order valence-corrected chi connectivity index (χ1v) is 9.28. The molecule has 2 aliphatic rings. The number of methoxy groups -OCH3 is 1. The van der Waals surface area contributed by atoms with E-state index in [1.54, 1.807) is 7.11 Å². The summed E-state index contributed by atoms with van der Waals surface area (Å²) in [6, 6.07) is 16.6. The molecule has 1 unspecified atom stereocenters. The van der Waals surface area contributed by atoms with Crippen molar-refractivity contribution >= 4 is 12.4 Å². The van der Waals surface area contributed by atoms with Gasteiger partial charge in [0.15, 0.2) is 0 Å². The van der Waals surface area contributed by atoms with Crippen LogP contribution in [0.1, 0.15) is 31.4 Å². The van der Waals surface area contributed by atoms with E-state index in [0.29, 0.717) is 0 Å². The molecule has 4 rings (SSSR count). The molecule has 0 aromatic heterocycles. The monoisotopic (exact) mass is 389 g/mol. The first-order valence-electron chi connectivity index (χ1n) is 9.28. The fraction of sp³-hybridized carbons (Fsp3) is 0.455. The molecular formula is C22H28ClNO3. The summed E-state index contributed by atoms with van der Waals surface area (Å²) in [7, 11) is 1.73. The topological polar surface area (TPSA) is 30.9 Å². The largest absolute Gasteiger partial charge is 0.496 e. The maximum absolute atomic E-state index is 6.44. The van der Waals surface area contributed by atoms with Gasteiger partial charge in [-0.1, -0.05) is 36.4 Å². The van der Waals surface area contributed by atoms with Crippen LogP contribution in [0.5, 0.6) is 11.5 Å². The summed E-state index contributed by atoms with van der Waals surface area (Å²) in [5.41, 5.74) is 1.82. The molecule has 1 saturated heterocycles. The SMILES string of the molecule is COc1ccccc1CN1CCOC2(C1)CC(C)(C)Oc1ccccc12.Cl. The molecule has 2 heterocycles. The van der Waals surface area contributed by atoms with Gasteiger partial charge in [0, 0.05) is 37.2 Å². The van der Waals surface area contributed by atoms with E-state index in [1.165, 1.54) is 11.1 Å². The van der Waals surface area contributed by atoms with Gasteiger partial charge in [-0.15, -0.1) is 12.4 Å². The minimum atomic E-state index is -0.321. The van der Waals surface area contributed by atoms with Crippen LogP contribution < -0.4 is 9.47 Å². The molecule has 2 aromatic rings. The lowest BCUT2D eigenvalue weighted by molar-refractivity contribution is -0.157. The van der Waals surface area contributed by atoms with E-state index in [1.807, 2.05) is 18.2 Å². The van der Waals surface area contributed by atoms with Gasteiger partial charge in [-0.2, -0.15) is 0 Å². The molecule has 1 atom stereocenters. The Labute approximate surface area is 167 Å². The molecule has 2 aliphatic heterocycles. The summed E-state index contributed by atoms with van der Waals surface area (Å²) >= 11 is 0. The number of rotatable bonds is 3. The van der Waals surface area contributed by atoms with Gasteiger partial charge in [0.05, 0.1) is 13.7 Å². The summed E-state index contributed by atoms with van der Waals surface area (Å²) in [6.45, 7) is 7.65. The molecular weight excluding hydrogens is 362 g/mol. The molecule has 0 amide bonds. The predicted octanol–water partition coefficient (Wildman–Crippen LogP) is 4.41. The average molecular weight is 390 g/mol. The summed E-state index contributed by atoms with van der Waals surface area (Å²) in [6.07, 6.45) is 0.847. The van der Waals surface area contributed by atoms with Crippen molar-refractivity contribution < 1.29 is 14.2 Å². The van der Waals surface area contributed by atoms with Crippen LogP contribution in [0.15, 0.2) is 48.5 Å². The van der Waals surface area contributed by atoms with Crippen LogP contribution in [-0.2, 0) is 16.9 Å². The number of nitrogens with zero attached hydrogens (tertiary/aromatic N) is 1. The van der Waals surface area contributed by atoms with Crippen LogP contribution in [0.4, 0.5) is 0 Å². The molecule has 5 heteroatoms. The number of ether oxygens (including phenoxy) is 3. The molecule has 4 nitrogen and oxygen atoms in total. The molecule has 2 aromatic carbocycles. The lowest BCUT2D eigenvalue weighted by Crippen LogP contribution is -2.55. The number of benzene rings is 2.